The van der Waals surface area contributed by atoms with Crippen LogP contribution in [0.5, 0.6) is 0 Å². The number of amides is 1. The normalized spacial score (nSPS) is 11.5. The van der Waals surface area contributed by atoms with Gasteiger partial charge in [0, 0.05) is 13.0 Å². The summed E-state index contributed by atoms with van der Waals surface area (Å²) in [6.45, 7) is 0.946. The third-order valence-electron chi connectivity index (χ3n) is 5.16. The molecule has 0 bridgehead atoms. The summed E-state index contributed by atoms with van der Waals surface area (Å²) in [5.41, 5.74) is 1.24. The Kier molecular flexibility index (Phi) is 6.64. The first kappa shape index (κ1) is 22.4. The third kappa shape index (κ3) is 5.35. The van der Waals surface area contributed by atoms with Gasteiger partial charge in [-0.2, -0.15) is 5.10 Å². The van der Waals surface area contributed by atoms with Gasteiger partial charge in [0.1, 0.15) is 11.7 Å². The number of aromatic nitrogens is 4. The zero-order valence-corrected chi connectivity index (χ0v) is 18.6. The molecule has 0 saturated heterocycles. The van der Waals surface area contributed by atoms with Crippen LogP contribution >= 0.6 is 0 Å². The fourth-order valence-electron chi connectivity index (χ4n) is 3.42. The molecule has 1 amide bonds. The predicted molar refractivity (Wildman–Crippen MR) is 123 cm³/mol. The SMILES string of the molecule is O=C(CCS(=O)(=O)c1ccccc1)NCCn1ncc2c(=O)n(Cc3ccccc3)cnc21. The highest BCUT2D eigenvalue weighted by Crippen LogP contribution is 2.11. The molecule has 0 aliphatic heterocycles. The minimum atomic E-state index is -3.51. The zero-order valence-electron chi connectivity index (χ0n) is 17.8. The highest BCUT2D eigenvalue weighted by atomic mass is 32.2. The van der Waals surface area contributed by atoms with Crippen molar-refractivity contribution in [3.63, 3.8) is 0 Å². The highest BCUT2D eigenvalue weighted by molar-refractivity contribution is 7.91. The third-order valence-corrected chi connectivity index (χ3v) is 6.90. The average molecular weight is 466 g/mol. The van der Waals surface area contributed by atoms with Crippen LogP contribution < -0.4 is 10.9 Å². The van der Waals surface area contributed by atoms with E-state index in [0.717, 1.165) is 5.56 Å². The maximum Gasteiger partial charge on any atom is 0.264 e. The molecule has 0 saturated carbocycles. The van der Waals surface area contributed by atoms with Crippen molar-refractivity contribution in [2.24, 2.45) is 0 Å². The maximum absolute atomic E-state index is 12.8. The summed E-state index contributed by atoms with van der Waals surface area (Å²) < 4.78 is 27.6. The number of sulfone groups is 1. The minimum Gasteiger partial charge on any atom is -0.354 e. The fourth-order valence-corrected chi connectivity index (χ4v) is 4.68. The lowest BCUT2D eigenvalue weighted by molar-refractivity contribution is -0.120. The molecule has 0 radical (unpaired) electrons. The molecule has 170 valence electrons. The van der Waals surface area contributed by atoms with E-state index in [0.29, 0.717) is 24.1 Å². The second kappa shape index (κ2) is 9.78. The monoisotopic (exact) mass is 465 g/mol. The summed E-state index contributed by atoms with van der Waals surface area (Å²) in [5, 5.41) is 7.31. The van der Waals surface area contributed by atoms with E-state index in [1.165, 1.54) is 29.2 Å². The lowest BCUT2D eigenvalue weighted by atomic mass is 10.2. The van der Waals surface area contributed by atoms with Crippen molar-refractivity contribution in [1.29, 1.82) is 0 Å². The van der Waals surface area contributed by atoms with Gasteiger partial charge in [-0.3, -0.25) is 14.2 Å². The molecule has 0 atom stereocenters. The van der Waals surface area contributed by atoms with Gasteiger partial charge in [-0.15, -0.1) is 0 Å². The molecule has 4 aromatic rings. The Balaban J connectivity index is 1.33. The average Bonchev–Trinajstić information content (AvgIpc) is 3.25. The molecule has 0 aliphatic carbocycles. The molecule has 0 unspecified atom stereocenters. The topological polar surface area (TPSA) is 116 Å². The molecule has 10 heteroatoms. The van der Waals surface area contributed by atoms with Crippen molar-refractivity contribution in [1.82, 2.24) is 24.6 Å². The van der Waals surface area contributed by atoms with Gasteiger partial charge in [-0.25, -0.2) is 18.1 Å². The number of fused-ring (bicyclic) bond motifs is 1. The van der Waals surface area contributed by atoms with Crippen LogP contribution in [0.4, 0.5) is 0 Å². The van der Waals surface area contributed by atoms with E-state index in [-0.39, 0.29) is 35.1 Å². The highest BCUT2D eigenvalue weighted by Gasteiger charge is 2.16. The van der Waals surface area contributed by atoms with Gasteiger partial charge in [-0.05, 0) is 17.7 Å². The Morgan fingerprint density at radius 2 is 1.70 bits per heavy atom. The largest absolute Gasteiger partial charge is 0.354 e. The fraction of sp³-hybridized carbons (Fsp3) is 0.217. The summed E-state index contributed by atoms with van der Waals surface area (Å²) in [6.07, 6.45) is 2.82. The smallest absolute Gasteiger partial charge is 0.264 e. The first-order valence-corrected chi connectivity index (χ1v) is 12.1. The van der Waals surface area contributed by atoms with Crippen LogP contribution in [-0.2, 0) is 27.7 Å². The molecule has 1 N–H and O–H groups in total. The van der Waals surface area contributed by atoms with E-state index in [1.54, 1.807) is 22.9 Å². The van der Waals surface area contributed by atoms with Crippen LogP contribution in [0.3, 0.4) is 0 Å². The first-order chi connectivity index (χ1) is 15.9. The first-order valence-electron chi connectivity index (χ1n) is 10.4. The number of hydrogen-bond donors (Lipinski definition) is 1. The Morgan fingerprint density at radius 3 is 2.42 bits per heavy atom. The summed E-state index contributed by atoms with van der Waals surface area (Å²) in [7, 11) is -3.51. The predicted octanol–water partition coefficient (Wildman–Crippen LogP) is 1.62. The van der Waals surface area contributed by atoms with E-state index < -0.39 is 9.84 Å². The lowest BCUT2D eigenvalue weighted by Gasteiger charge is -2.08. The molecular weight excluding hydrogens is 442 g/mol. The molecule has 4 rings (SSSR count). The van der Waals surface area contributed by atoms with Crippen LogP contribution in [0.2, 0.25) is 0 Å². The number of carbonyl (C=O) groups is 1. The standard InChI is InChI=1S/C23H23N5O4S/c29-21(11-14-33(31,32)19-9-5-2-6-10-19)24-12-13-28-22-20(15-26-28)23(30)27(17-25-22)16-18-7-3-1-4-8-18/h1-10,15,17H,11-14,16H2,(H,24,29). The molecule has 0 fully saturated rings. The van der Waals surface area contributed by atoms with Crippen molar-refractivity contribution in [3.8, 4) is 0 Å². The number of hydrogen-bond acceptors (Lipinski definition) is 6. The van der Waals surface area contributed by atoms with Gasteiger partial charge < -0.3 is 5.32 Å². The van der Waals surface area contributed by atoms with E-state index in [9.17, 15) is 18.0 Å². The van der Waals surface area contributed by atoms with Gasteiger partial charge >= 0.3 is 0 Å². The Labute approximate surface area is 190 Å². The second-order valence-electron chi connectivity index (χ2n) is 7.50. The summed E-state index contributed by atoms with van der Waals surface area (Å²) in [5.74, 6) is -0.639. The van der Waals surface area contributed by atoms with Crippen LogP contribution in [0.15, 0.2) is 82.9 Å². The van der Waals surface area contributed by atoms with E-state index in [4.69, 9.17) is 0 Å². The molecule has 33 heavy (non-hydrogen) atoms. The number of benzene rings is 2. The van der Waals surface area contributed by atoms with E-state index >= 15 is 0 Å². The number of nitrogens with zero attached hydrogens (tertiary/aromatic N) is 4. The quantitative estimate of drug-likeness (QED) is 0.402. The van der Waals surface area contributed by atoms with Crippen molar-refractivity contribution >= 4 is 26.8 Å². The van der Waals surface area contributed by atoms with Gasteiger partial charge in [0.05, 0.1) is 29.9 Å². The van der Waals surface area contributed by atoms with Crippen molar-refractivity contribution < 1.29 is 13.2 Å². The van der Waals surface area contributed by atoms with Crippen molar-refractivity contribution in [3.05, 3.63) is 89.1 Å². The van der Waals surface area contributed by atoms with E-state index in [1.807, 2.05) is 30.3 Å². The van der Waals surface area contributed by atoms with Gasteiger partial charge in [-0.1, -0.05) is 48.5 Å². The Hall–Kier alpha value is -3.79. The number of carbonyl (C=O) groups excluding carboxylic acids is 1. The maximum atomic E-state index is 12.8. The van der Waals surface area contributed by atoms with Gasteiger partial charge in [0.15, 0.2) is 15.5 Å². The number of rotatable bonds is 9. The Morgan fingerprint density at radius 1 is 1.00 bits per heavy atom. The van der Waals surface area contributed by atoms with Crippen molar-refractivity contribution in [2.45, 2.75) is 24.4 Å². The van der Waals surface area contributed by atoms with E-state index in [2.05, 4.69) is 15.4 Å². The van der Waals surface area contributed by atoms with Gasteiger partial charge in [0.2, 0.25) is 5.91 Å². The lowest BCUT2D eigenvalue weighted by Crippen LogP contribution is -2.29. The molecule has 0 spiro atoms. The molecule has 2 heterocycles. The van der Waals surface area contributed by atoms with Crippen LogP contribution in [-0.4, -0.2) is 46.0 Å². The van der Waals surface area contributed by atoms with Crippen molar-refractivity contribution in [2.75, 3.05) is 12.3 Å². The number of nitrogens with one attached hydrogen (secondary N) is 1. The van der Waals surface area contributed by atoms with Crippen LogP contribution in [0, 0.1) is 0 Å². The second-order valence-corrected chi connectivity index (χ2v) is 9.61. The molecular formula is C23H23N5O4S. The molecule has 9 nitrogen and oxygen atoms in total. The Bertz CT molecular complexity index is 1410. The zero-order chi connectivity index (χ0) is 23.3. The molecule has 2 aromatic heterocycles. The molecule has 0 aliphatic rings. The summed E-state index contributed by atoms with van der Waals surface area (Å²) in [4.78, 5) is 29.4. The van der Waals surface area contributed by atoms with Crippen LogP contribution in [0.1, 0.15) is 12.0 Å². The molecule has 2 aromatic carbocycles. The van der Waals surface area contributed by atoms with Gasteiger partial charge in [0.25, 0.3) is 5.56 Å². The summed E-state index contributed by atoms with van der Waals surface area (Å²) in [6, 6.07) is 17.7. The minimum absolute atomic E-state index is 0.139. The summed E-state index contributed by atoms with van der Waals surface area (Å²) >= 11 is 0. The van der Waals surface area contributed by atoms with Crippen LogP contribution in [0.25, 0.3) is 11.0 Å².